The predicted molar refractivity (Wildman–Crippen MR) is 107 cm³/mol. The topological polar surface area (TPSA) is 64.8 Å². The Bertz CT molecular complexity index is 1070. The van der Waals surface area contributed by atoms with E-state index < -0.39 is 9.84 Å². The van der Waals surface area contributed by atoms with Crippen LogP contribution in [-0.2, 0) is 16.3 Å². The van der Waals surface area contributed by atoms with Gasteiger partial charge >= 0.3 is 0 Å². The molecule has 1 aliphatic heterocycles. The highest BCUT2D eigenvalue weighted by atomic mass is 32.2. The molecule has 0 bridgehead atoms. The number of hydrogen-bond donors (Lipinski definition) is 0. The zero-order valence-electron chi connectivity index (χ0n) is 15.6. The number of aromatic nitrogens is 3. The van der Waals surface area contributed by atoms with Gasteiger partial charge in [-0.25, -0.2) is 18.1 Å². The molecule has 2 aromatic carbocycles. The molecule has 0 N–H and O–H groups in total. The second-order valence-electron chi connectivity index (χ2n) is 7.37. The summed E-state index contributed by atoms with van der Waals surface area (Å²) in [6, 6.07) is 16.1. The van der Waals surface area contributed by atoms with Gasteiger partial charge in [-0.3, -0.25) is 0 Å². The van der Waals surface area contributed by atoms with Crippen LogP contribution in [0, 0.1) is 19.8 Å². The molecule has 0 saturated carbocycles. The van der Waals surface area contributed by atoms with E-state index in [1.165, 1.54) is 11.1 Å². The highest BCUT2D eigenvalue weighted by Crippen LogP contribution is 2.25. The number of rotatable bonds is 4. The number of nitrogens with zero attached hydrogens (tertiary/aromatic N) is 3. The predicted octanol–water partition coefficient (Wildman–Crippen LogP) is 3.53. The standard InChI is InChI=1S/C21H23N3O2S/c1-15-8-9-19(12-16(15)2)24-20(13-17-10-11-27(25,26)14-17)22-21(23-24)18-6-4-3-5-7-18/h3-9,12,17H,10-11,13-14H2,1-2H3/t17-/m0/s1. The van der Waals surface area contributed by atoms with Crippen molar-refractivity contribution in [2.24, 2.45) is 5.92 Å². The molecule has 1 aromatic heterocycles. The second-order valence-corrected chi connectivity index (χ2v) is 9.60. The molecule has 5 nitrogen and oxygen atoms in total. The van der Waals surface area contributed by atoms with Crippen molar-refractivity contribution in [1.29, 1.82) is 0 Å². The molecule has 27 heavy (non-hydrogen) atoms. The number of aryl methyl sites for hydroxylation is 2. The van der Waals surface area contributed by atoms with Crippen molar-refractivity contribution in [3.8, 4) is 17.1 Å². The highest BCUT2D eigenvalue weighted by Gasteiger charge is 2.29. The molecule has 0 spiro atoms. The van der Waals surface area contributed by atoms with Gasteiger partial charge in [-0.1, -0.05) is 36.4 Å². The van der Waals surface area contributed by atoms with Crippen LogP contribution in [0.2, 0.25) is 0 Å². The van der Waals surface area contributed by atoms with Crippen molar-refractivity contribution >= 4 is 9.84 Å². The fourth-order valence-corrected chi connectivity index (χ4v) is 5.40. The van der Waals surface area contributed by atoms with Crippen molar-refractivity contribution < 1.29 is 8.42 Å². The van der Waals surface area contributed by atoms with E-state index in [1.54, 1.807) is 0 Å². The van der Waals surface area contributed by atoms with E-state index in [0.717, 1.165) is 17.1 Å². The Morgan fingerprint density at radius 3 is 2.52 bits per heavy atom. The lowest BCUT2D eigenvalue weighted by Gasteiger charge is -2.10. The second kappa shape index (κ2) is 6.93. The van der Waals surface area contributed by atoms with E-state index >= 15 is 0 Å². The van der Waals surface area contributed by atoms with Crippen LogP contribution in [0.25, 0.3) is 17.1 Å². The Balaban J connectivity index is 1.75. The SMILES string of the molecule is Cc1ccc(-n2nc(-c3ccccc3)nc2C[C@@H]2CCS(=O)(=O)C2)cc1C. The molecule has 1 atom stereocenters. The van der Waals surface area contributed by atoms with Crippen LogP contribution < -0.4 is 0 Å². The van der Waals surface area contributed by atoms with Crippen molar-refractivity contribution in [1.82, 2.24) is 14.8 Å². The summed E-state index contributed by atoms with van der Waals surface area (Å²) in [5, 5.41) is 4.76. The fourth-order valence-electron chi connectivity index (χ4n) is 3.54. The van der Waals surface area contributed by atoms with Gasteiger partial charge in [0.15, 0.2) is 15.7 Å². The van der Waals surface area contributed by atoms with Crippen molar-refractivity contribution in [3.05, 3.63) is 65.5 Å². The maximum Gasteiger partial charge on any atom is 0.181 e. The molecular weight excluding hydrogens is 358 g/mol. The minimum absolute atomic E-state index is 0.105. The third kappa shape index (κ3) is 3.81. The molecule has 6 heteroatoms. The monoisotopic (exact) mass is 381 g/mol. The average Bonchev–Trinajstić information content (AvgIpc) is 3.21. The molecule has 3 aromatic rings. The van der Waals surface area contributed by atoms with E-state index in [9.17, 15) is 8.42 Å². The molecule has 2 heterocycles. The van der Waals surface area contributed by atoms with Gasteiger partial charge in [0.05, 0.1) is 17.2 Å². The van der Waals surface area contributed by atoms with Crippen molar-refractivity contribution in [3.63, 3.8) is 0 Å². The first kappa shape index (κ1) is 17.9. The van der Waals surface area contributed by atoms with Crippen LogP contribution in [0.4, 0.5) is 0 Å². The van der Waals surface area contributed by atoms with E-state index in [0.29, 0.717) is 18.7 Å². The lowest BCUT2D eigenvalue weighted by molar-refractivity contribution is 0.559. The van der Waals surface area contributed by atoms with Gasteiger partial charge < -0.3 is 0 Å². The number of hydrogen-bond acceptors (Lipinski definition) is 4. The minimum atomic E-state index is -2.91. The Morgan fingerprint density at radius 1 is 1.07 bits per heavy atom. The molecule has 4 rings (SSSR count). The molecule has 1 aliphatic rings. The van der Waals surface area contributed by atoms with Gasteiger partial charge in [-0.2, -0.15) is 0 Å². The minimum Gasteiger partial charge on any atom is -0.229 e. The summed E-state index contributed by atoms with van der Waals surface area (Å²) >= 11 is 0. The van der Waals surface area contributed by atoms with Crippen LogP contribution in [0.5, 0.6) is 0 Å². The van der Waals surface area contributed by atoms with Crippen LogP contribution in [0.1, 0.15) is 23.4 Å². The van der Waals surface area contributed by atoms with Crippen LogP contribution in [-0.4, -0.2) is 34.7 Å². The van der Waals surface area contributed by atoms with Gasteiger partial charge in [0, 0.05) is 12.0 Å². The molecule has 140 valence electrons. The third-order valence-electron chi connectivity index (χ3n) is 5.24. The first-order valence-electron chi connectivity index (χ1n) is 9.21. The Hall–Kier alpha value is -2.47. The maximum atomic E-state index is 11.9. The molecular formula is C21H23N3O2S. The summed E-state index contributed by atoms with van der Waals surface area (Å²) in [6.45, 7) is 4.16. The quantitative estimate of drug-likeness (QED) is 0.693. The molecule has 0 aliphatic carbocycles. The molecule has 0 radical (unpaired) electrons. The zero-order chi connectivity index (χ0) is 19.0. The Morgan fingerprint density at radius 2 is 1.85 bits per heavy atom. The van der Waals surface area contributed by atoms with E-state index in [2.05, 4.69) is 26.0 Å². The van der Waals surface area contributed by atoms with E-state index in [-0.39, 0.29) is 17.4 Å². The van der Waals surface area contributed by atoms with E-state index in [4.69, 9.17) is 10.1 Å². The fraction of sp³-hybridized carbons (Fsp3) is 0.333. The molecule has 0 amide bonds. The van der Waals surface area contributed by atoms with Crippen LogP contribution >= 0.6 is 0 Å². The Kier molecular flexibility index (Phi) is 4.60. The maximum absolute atomic E-state index is 11.9. The van der Waals surface area contributed by atoms with Crippen molar-refractivity contribution in [2.75, 3.05) is 11.5 Å². The largest absolute Gasteiger partial charge is 0.229 e. The van der Waals surface area contributed by atoms with Gasteiger partial charge in [-0.15, -0.1) is 5.10 Å². The molecule has 1 saturated heterocycles. The summed E-state index contributed by atoms with van der Waals surface area (Å²) in [7, 11) is -2.91. The van der Waals surface area contributed by atoms with Crippen LogP contribution in [0.3, 0.4) is 0 Å². The van der Waals surface area contributed by atoms with Crippen LogP contribution in [0.15, 0.2) is 48.5 Å². The van der Waals surface area contributed by atoms with Gasteiger partial charge in [0.25, 0.3) is 0 Å². The average molecular weight is 382 g/mol. The zero-order valence-corrected chi connectivity index (χ0v) is 16.4. The summed E-state index contributed by atoms with van der Waals surface area (Å²) in [6.07, 6.45) is 1.31. The van der Waals surface area contributed by atoms with E-state index in [1.807, 2.05) is 41.1 Å². The Labute approximate surface area is 160 Å². The summed E-state index contributed by atoms with van der Waals surface area (Å²) in [5.74, 6) is 2.12. The third-order valence-corrected chi connectivity index (χ3v) is 7.08. The highest BCUT2D eigenvalue weighted by molar-refractivity contribution is 7.91. The lowest BCUT2D eigenvalue weighted by Crippen LogP contribution is -2.12. The first-order valence-corrected chi connectivity index (χ1v) is 11.0. The smallest absolute Gasteiger partial charge is 0.181 e. The summed E-state index contributed by atoms with van der Waals surface area (Å²) in [5.41, 5.74) is 4.34. The number of sulfone groups is 1. The van der Waals surface area contributed by atoms with Gasteiger partial charge in [-0.05, 0) is 49.4 Å². The van der Waals surface area contributed by atoms with Gasteiger partial charge in [0.1, 0.15) is 5.82 Å². The summed E-state index contributed by atoms with van der Waals surface area (Å²) in [4.78, 5) is 4.78. The molecule has 0 unspecified atom stereocenters. The van der Waals surface area contributed by atoms with Crippen molar-refractivity contribution in [2.45, 2.75) is 26.7 Å². The molecule has 1 fully saturated rings. The van der Waals surface area contributed by atoms with Gasteiger partial charge in [0.2, 0.25) is 0 Å². The first-order chi connectivity index (χ1) is 12.9. The normalized spacial score (nSPS) is 18.7. The summed E-state index contributed by atoms with van der Waals surface area (Å²) < 4.78 is 25.6. The lowest BCUT2D eigenvalue weighted by atomic mass is 10.0. The number of benzene rings is 2.